The zero-order valence-corrected chi connectivity index (χ0v) is 12.3. The second kappa shape index (κ2) is 7.54. The Hall–Kier alpha value is -1.02. The topological polar surface area (TPSA) is 21.3 Å². The fourth-order valence-corrected chi connectivity index (χ4v) is 3.24. The number of nitrogens with one attached hydrogen (secondary N) is 1. The average Bonchev–Trinajstić information content (AvgIpc) is 2.98. The molecule has 2 rings (SSSR count). The van der Waals surface area contributed by atoms with Crippen LogP contribution in [-0.2, 0) is 6.42 Å². The van der Waals surface area contributed by atoms with E-state index in [9.17, 15) is 0 Å². The molecule has 1 fully saturated rings. The van der Waals surface area contributed by atoms with E-state index in [1.807, 2.05) is 0 Å². The predicted octanol–water partition coefficient (Wildman–Crippen LogP) is 3.80. The lowest BCUT2D eigenvalue weighted by molar-refractivity contribution is 0.346. The lowest BCUT2D eigenvalue weighted by atomic mass is 9.92. The maximum Gasteiger partial charge on any atom is 0.118 e. The van der Waals surface area contributed by atoms with Crippen molar-refractivity contribution in [2.75, 3.05) is 13.7 Å². The first kappa shape index (κ1) is 14.4. The number of hydrogen-bond donors (Lipinski definition) is 1. The van der Waals surface area contributed by atoms with Crippen LogP contribution in [0.4, 0.5) is 0 Å². The maximum absolute atomic E-state index is 5.20. The molecule has 2 heteroatoms. The fourth-order valence-electron chi connectivity index (χ4n) is 3.24. The van der Waals surface area contributed by atoms with Crippen LogP contribution in [0.25, 0.3) is 0 Å². The normalized spacial score (nSPS) is 17.6. The number of ether oxygens (including phenoxy) is 1. The van der Waals surface area contributed by atoms with E-state index in [-0.39, 0.29) is 0 Å². The van der Waals surface area contributed by atoms with Crippen molar-refractivity contribution in [1.82, 2.24) is 5.32 Å². The average molecular weight is 261 g/mol. The highest BCUT2D eigenvalue weighted by molar-refractivity contribution is 5.27. The molecule has 1 unspecified atom stereocenters. The molecule has 1 aromatic carbocycles. The van der Waals surface area contributed by atoms with E-state index >= 15 is 0 Å². The van der Waals surface area contributed by atoms with Gasteiger partial charge in [0.25, 0.3) is 0 Å². The van der Waals surface area contributed by atoms with Gasteiger partial charge in [-0.1, -0.05) is 31.9 Å². The molecule has 2 nitrogen and oxygen atoms in total. The summed E-state index contributed by atoms with van der Waals surface area (Å²) >= 11 is 0. The van der Waals surface area contributed by atoms with Crippen LogP contribution in [0, 0.1) is 5.92 Å². The van der Waals surface area contributed by atoms with Crippen LogP contribution in [0.5, 0.6) is 5.75 Å². The lowest BCUT2D eigenvalue weighted by Crippen LogP contribution is -2.35. The van der Waals surface area contributed by atoms with Gasteiger partial charge in [0.05, 0.1) is 7.11 Å². The monoisotopic (exact) mass is 261 g/mol. The molecule has 106 valence electrons. The second-order valence-electron chi connectivity index (χ2n) is 5.60. The number of methoxy groups -OCH3 is 1. The quantitative estimate of drug-likeness (QED) is 0.806. The van der Waals surface area contributed by atoms with Crippen molar-refractivity contribution >= 4 is 0 Å². The molecule has 1 N–H and O–H groups in total. The van der Waals surface area contributed by atoms with Crippen molar-refractivity contribution in [2.45, 2.75) is 51.5 Å². The third kappa shape index (κ3) is 4.24. The van der Waals surface area contributed by atoms with E-state index in [0.29, 0.717) is 6.04 Å². The van der Waals surface area contributed by atoms with E-state index in [1.165, 1.54) is 37.7 Å². The lowest BCUT2D eigenvalue weighted by Gasteiger charge is -2.24. The van der Waals surface area contributed by atoms with Crippen molar-refractivity contribution < 1.29 is 4.74 Å². The van der Waals surface area contributed by atoms with Gasteiger partial charge < -0.3 is 10.1 Å². The second-order valence-corrected chi connectivity index (χ2v) is 5.60. The van der Waals surface area contributed by atoms with Gasteiger partial charge in [-0.25, -0.2) is 0 Å². The molecule has 0 heterocycles. The van der Waals surface area contributed by atoms with Gasteiger partial charge in [-0.05, 0) is 55.8 Å². The molecule has 1 saturated carbocycles. The van der Waals surface area contributed by atoms with E-state index in [1.54, 1.807) is 7.11 Å². The Morgan fingerprint density at radius 3 is 2.47 bits per heavy atom. The van der Waals surface area contributed by atoms with Crippen LogP contribution in [0.15, 0.2) is 24.3 Å². The van der Waals surface area contributed by atoms with Crippen molar-refractivity contribution in [3.05, 3.63) is 29.8 Å². The van der Waals surface area contributed by atoms with Gasteiger partial charge in [-0.2, -0.15) is 0 Å². The number of aryl methyl sites for hydroxylation is 1. The summed E-state index contributed by atoms with van der Waals surface area (Å²) in [6.07, 6.45) is 8.10. The molecule has 0 spiro atoms. The molecular weight excluding hydrogens is 234 g/mol. The van der Waals surface area contributed by atoms with E-state index in [4.69, 9.17) is 4.74 Å². The van der Waals surface area contributed by atoms with Crippen LogP contribution in [0.1, 0.15) is 44.6 Å². The summed E-state index contributed by atoms with van der Waals surface area (Å²) in [5, 5.41) is 3.69. The summed E-state index contributed by atoms with van der Waals surface area (Å²) in [6.45, 7) is 3.30. The largest absolute Gasteiger partial charge is 0.497 e. The number of rotatable bonds is 7. The standard InChI is InChI=1S/C17H27NO/c1-3-18-17(15-6-4-5-7-15)13-10-14-8-11-16(19-2)12-9-14/h8-9,11-12,15,17-18H,3-7,10,13H2,1-2H3. The van der Waals surface area contributed by atoms with Gasteiger partial charge in [0.15, 0.2) is 0 Å². The van der Waals surface area contributed by atoms with Crippen molar-refractivity contribution in [1.29, 1.82) is 0 Å². The number of benzene rings is 1. The molecule has 0 bridgehead atoms. The first-order valence-electron chi connectivity index (χ1n) is 7.69. The van der Waals surface area contributed by atoms with Gasteiger partial charge in [0.2, 0.25) is 0 Å². The highest BCUT2D eigenvalue weighted by Crippen LogP contribution is 2.29. The van der Waals surface area contributed by atoms with Crippen molar-refractivity contribution in [3.8, 4) is 5.75 Å². The van der Waals surface area contributed by atoms with E-state index in [0.717, 1.165) is 24.6 Å². The summed E-state index contributed by atoms with van der Waals surface area (Å²) < 4.78 is 5.20. The first-order valence-corrected chi connectivity index (χ1v) is 7.69. The molecule has 0 saturated heterocycles. The molecule has 0 amide bonds. The first-order chi connectivity index (χ1) is 9.33. The Balaban J connectivity index is 1.86. The third-order valence-corrected chi connectivity index (χ3v) is 4.34. The van der Waals surface area contributed by atoms with Gasteiger partial charge in [0.1, 0.15) is 5.75 Å². The van der Waals surface area contributed by atoms with Crippen LogP contribution >= 0.6 is 0 Å². The summed E-state index contributed by atoms with van der Waals surface area (Å²) in [4.78, 5) is 0. The molecule has 1 atom stereocenters. The summed E-state index contributed by atoms with van der Waals surface area (Å²) in [6, 6.07) is 9.21. The Labute approximate surface area is 117 Å². The number of hydrogen-bond acceptors (Lipinski definition) is 2. The molecular formula is C17H27NO. The SMILES string of the molecule is CCNC(CCc1ccc(OC)cc1)C1CCCC1. The highest BCUT2D eigenvalue weighted by Gasteiger charge is 2.23. The third-order valence-electron chi connectivity index (χ3n) is 4.34. The van der Waals surface area contributed by atoms with Crippen molar-refractivity contribution in [3.63, 3.8) is 0 Å². The molecule has 1 aliphatic carbocycles. The molecule has 19 heavy (non-hydrogen) atoms. The zero-order chi connectivity index (χ0) is 13.5. The minimum Gasteiger partial charge on any atom is -0.497 e. The minimum atomic E-state index is 0.703. The summed E-state index contributed by atoms with van der Waals surface area (Å²) in [7, 11) is 1.72. The van der Waals surface area contributed by atoms with Gasteiger partial charge >= 0.3 is 0 Å². The van der Waals surface area contributed by atoms with Gasteiger partial charge in [0, 0.05) is 6.04 Å². The van der Waals surface area contributed by atoms with Crippen molar-refractivity contribution in [2.24, 2.45) is 5.92 Å². The minimum absolute atomic E-state index is 0.703. The molecule has 1 aliphatic rings. The highest BCUT2D eigenvalue weighted by atomic mass is 16.5. The summed E-state index contributed by atoms with van der Waals surface area (Å²) in [5.74, 6) is 1.85. The maximum atomic E-state index is 5.20. The Morgan fingerprint density at radius 1 is 1.21 bits per heavy atom. The van der Waals surface area contributed by atoms with Gasteiger partial charge in [-0.15, -0.1) is 0 Å². The smallest absolute Gasteiger partial charge is 0.118 e. The Morgan fingerprint density at radius 2 is 1.89 bits per heavy atom. The van der Waals surface area contributed by atoms with Crippen LogP contribution in [0.3, 0.4) is 0 Å². The van der Waals surface area contributed by atoms with Crippen LogP contribution in [-0.4, -0.2) is 19.7 Å². The van der Waals surface area contributed by atoms with Crippen LogP contribution < -0.4 is 10.1 Å². The van der Waals surface area contributed by atoms with Gasteiger partial charge in [-0.3, -0.25) is 0 Å². The zero-order valence-electron chi connectivity index (χ0n) is 12.3. The fraction of sp³-hybridized carbons (Fsp3) is 0.647. The summed E-state index contributed by atoms with van der Waals surface area (Å²) in [5.41, 5.74) is 1.42. The Kier molecular flexibility index (Phi) is 5.71. The van der Waals surface area contributed by atoms with E-state index in [2.05, 4.69) is 36.5 Å². The van der Waals surface area contributed by atoms with E-state index < -0.39 is 0 Å². The molecule has 0 aromatic heterocycles. The molecule has 1 aromatic rings. The predicted molar refractivity (Wildman–Crippen MR) is 80.7 cm³/mol. The molecule has 0 aliphatic heterocycles. The Bertz CT molecular complexity index is 354. The van der Waals surface area contributed by atoms with Crippen LogP contribution in [0.2, 0.25) is 0 Å². The molecule has 0 radical (unpaired) electrons.